The number of alkyl halides is 2. The van der Waals surface area contributed by atoms with Gasteiger partial charge in [-0.05, 0) is 6.92 Å². The van der Waals surface area contributed by atoms with Gasteiger partial charge in [0, 0.05) is 6.07 Å². The highest BCUT2D eigenvalue weighted by atomic mass is 35.5. The average Bonchev–Trinajstić information content (AvgIpc) is 2.15. The lowest BCUT2D eigenvalue weighted by molar-refractivity contribution is 0.0515. The predicted molar refractivity (Wildman–Crippen MR) is 53.0 cm³/mol. The number of esters is 1. The van der Waals surface area contributed by atoms with E-state index in [2.05, 4.69) is 4.74 Å². The maximum absolute atomic E-state index is 12.6. The number of hydrogen-bond acceptors (Lipinski definition) is 3. The molecule has 0 spiro atoms. The number of ether oxygens (including phenoxy) is 1. The molecule has 16 heavy (non-hydrogen) atoms. The van der Waals surface area contributed by atoms with Gasteiger partial charge in [-0.3, -0.25) is 4.79 Å². The minimum atomic E-state index is -2.97. The van der Waals surface area contributed by atoms with Gasteiger partial charge in [-0.15, -0.1) is 0 Å². The summed E-state index contributed by atoms with van der Waals surface area (Å²) in [5, 5.41) is -0.550. The average molecular weight is 252 g/mol. The Morgan fingerprint density at radius 3 is 2.75 bits per heavy atom. The molecule has 0 saturated carbocycles. The first-order valence-corrected chi connectivity index (χ1v) is 4.73. The lowest BCUT2D eigenvalue weighted by atomic mass is 10.1. The van der Waals surface area contributed by atoms with Crippen molar-refractivity contribution in [1.29, 1.82) is 0 Å². The van der Waals surface area contributed by atoms with Crippen LogP contribution in [0, 0.1) is 0 Å². The molecule has 0 fully saturated rings. The number of pyridine rings is 1. The summed E-state index contributed by atoms with van der Waals surface area (Å²) in [5.74, 6) is -0.995. The second kappa shape index (κ2) is 5.07. The molecule has 0 aliphatic rings. The van der Waals surface area contributed by atoms with Gasteiger partial charge >= 0.3 is 5.97 Å². The summed E-state index contributed by atoms with van der Waals surface area (Å²) in [4.78, 5) is 24.3. The van der Waals surface area contributed by atoms with E-state index in [1.807, 2.05) is 4.98 Å². The van der Waals surface area contributed by atoms with Crippen molar-refractivity contribution in [2.45, 2.75) is 13.3 Å². The lowest BCUT2D eigenvalue weighted by Gasteiger charge is -2.08. The monoisotopic (exact) mass is 251 g/mol. The Balaban J connectivity index is 3.35. The van der Waals surface area contributed by atoms with E-state index < -0.39 is 34.2 Å². The minimum Gasteiger partial charge on any atom is -0.462 e. The van der Waals surface area contributed by atoms with Gasteiger partial charge in [0.25, 0.3) is 6.43 Å². The van der Waals surface area contributed by atoms with Gasteiger partial charge in [0.2, 0.25) is 5.56 Å². The molecule has 1 heterocycles. The molecule has 88 valence electrons. The summed E-state index contributed by atoms with van der Waals surface area (Å²) in [6.07, 6.45) is -2.97. The molecule has 0 atom stereocenters. The first kappa shape index (κ1) is 12.6. The number of aromatic nitrogens is 1. The Hall–Kier alpha value is -1.43. The van der Waals surface area contributed by atoms with Gasteiger partial charge in [-0.25, -0.2) is 13.6 Å². The van der Waals surface area contributed by atoms with Crippen LogP contribution in [-0.2, 0) is 4.74 Å². The molecule has 4 nitrogen and oxygen atoms in total. The molecule has 1 rings (SSSR count). The molecule has 0 radical (unpaired) electrons. The van der Waals surface area contributed by atoms with Crippen molar-refractivity contribution in [2.24, 2.45) is 0 Å². The summed E-state index contributed by atoms with van der Waals surface area (Å²) in [7, 11) is 0. The second-order valence-electron chi connectivity index (χ2n) is 2.80. The number of carbonyl (C=O) groups excluding carboxylic acids is 1. The molecular formula is C9H8ClF2NO3. The smallest absolute Gasteiger partial charge is 0.338 e. The molecule has 0 aliphatic carbocycles. The Morgan fingerprint density at radius 2 is 2.25 bits per heavy atom. The fraction of sp³-hybridized carbons (Fsp3) is 0.333. The summed E-state index contributed by atoms with van der Waals surface area (Å²) >= 11 is 5.43. The molecule has 7 heteroatoms. The molecular weight excluding hydrogens is 244 g/mol. The summed E-state index contributed by atoms with van der Waals surface area (Å²) in [5.41, 5.74) is -1.97. The molecule has 0 bridgehead atoms. The third-order valence-corrected chi connectivity index (χ3v) is 2.05. The molecule has 0 aliphatic heterocycles. The SMILES string of the molecule is CCOC(=O)c1cc(=O)[nH]c(Cl)c1C(F)F. The maximum Gasteiger partial charge on any atom is 0.338 e. The normalized spacial score (nSPS) is 10.6. The number of H-pyrrole nitrogens is 1. The van der Waals surface area contributed by atoms with Gasteiger partial charge in [0.05, 0.1) is 17.7 Å². The Morgan fingerprint density at radius 1 is 1.62 bits per heavy atom. The standard InChI is InChI=1S/C9H8ClF2NO3/c1-2-16-9(15)4-3-5(14)13-7(10)6(4)8(11)12/h3,8H,2H2,1H3,(H,13,14). The van der Waals surface area contributed by atoms with Gasteiger partial charge in [-0.1, -0.05) is 11.6 Å². The van der Waals surface area contributed by atoms with E-state index in [1.165, 1.54) is 6.92 Å². The highest BCUT2D eigenvalue weighted by molar-refractivity contribution is 6.30. The maximum atomic E-state index is 12.6. The van der Waals surface area contributed by atoms with Crippen LogP contribution < -0.4 is 5.56 Å². The number of nitrogens with one attached hydrogen (secondary N) is 1. The molecule has 0 saturated heterocycles. The highest BCUT2D eigenvalue weighted by Crippen LogP contribution is 2.28. The predicted octanol–water partition coefficient (Wildman–Crippen LogP) is 2.14. The minimum absolute atomic E-state index is 0.0198. The van der Waals surface area contributed by atoms with Crippen LogP contribution in [0.1, 0.15) is 29.3 Å². The van der Waals surface area contributed by atoms with Crippen molar-refractivity contribution in [3.8, 4) is 0 Å². The molecule has 1 N–H and O–H groups in total. The zero-order chi connectivity index (χ0) is 12.3. The highest BCUT2D eigenvalue weighted by Gasteiger charge is 2.23. The Bertz CT molecular complexity index is 459. The van der Waals surface area contributed by atoms with Crippen LogP contribution in [0.25, 0.3) is 0 Å². The first-order chi connectivity index (χ1) is 7.47. The summed E-state index contributed by atoms with van der Waals surface area (Å²) in [6, 6.07) is 0.741. The van der Waals surface area contributed by atoms with Crippen LogP contribution in [0.5, 0.6) is 0 Å². The van der Waals surface area contributed by atoms with Crippen LogP contribution in [-0.4, -0.2) is 17.6 Å². The number of halogens is 3. The van der Waals surface area contributed by atoms with Crippen molar-refractivity contribution in [3.63, 3.8) is 0 Å². The first-order valence-electron chi connectivity index (χ1n) is 4.35. The van der Waals surface area contributed by atoms with Crippen molar-refractivity contribution < 1.29 is 18.3 Å². The second-order valence-corrected chi connectivity index (χ2v) is 3.17. The van der Waals surface area contributed by atoms with Crippen molar-refractivity contribution in [3.05, 3.63) is 32.7 Å². The summed E-state index contributed by atoms with van der Waals surface area (Å²) in [6.45, 7) is 1.54. The third kappa shape index (κ3) is 2.57. The van der Waals surface area contributed by atoms with E-state index in [0.29, 0.717) is 0 Å². The van der Waals surface area contributed by atoms with Crippen LogP contribution in [0.4, 0.5) is 8.78 Å². The number of hydrogen-bond donors (Lipinski definition) is 1. The van der Waals surface area contributed by atoms with Crippen LogP contribution >= 0.6 is 11.6 Å². The van der Waals surface area contributed by atoms with Crippen LogP contribution in [0.3, 0.4) is 0 Å². The number of aromatic amines is 1. The van der Waals surface area contributed by atoms with E-state index in [4.69, 9.17) is 11.6 Å². The molecule has 0 unspecified atom stereocenters. The molecule has 1 aromatic heterocycles. The van der Waals surface area contributed by atoms with E-state index in [0.717, 1.165) is 6.07 Å². The van der Waals surface area contributed by atoms with Gasteiger partial charge < -0.3 is 9.72 Å². The molecule has 1 aromatic rings. The Kier molecular flexibility index (Phi) is 4.00. The zero-order valence-electron chi connectivity index (χ0n) is 8.22. The largest absolute Gasteiger partial charge is 0.462 e. The fourth-order valence-electron chi connectivity index (χ4n) is 1.13. The molecule has 0 aromatic carbocycles. The fourth-order valence-corrected chi connectivity index (χ4v) is 1.41. The number of carbonyl (C=O) groups is 1. The summed E-state index contributed by atoms with van der Waals surface area (Å²) < 4.78 is 29.8. The van der Waals surface area contributed by atoms with Crippen molar-refractivity contribution in [2.75, 3.05) is 6.61 Å². The number of rotatable bonds is 3. The van der Waals surface area contributed by atoms with E-state index in [1.54, 1.807) is 0 Å². The quantitative estimate of drug-likeness (QED) is 0.661. The van der Waals surface area contributed by atoms with E-state index in [-0.39, 0.29) is 6.61 Å². The van der Waals surface area contributed by atoms with Gasteiger partial charge in [0.15, 0.2) is 0 Å². The molecule has 0 amide bonds. The van der Waals surface area contributed by atoms with Crippen LogP contribution in [0.2, 0.25) is 5.15 Å². The van der Waals surface area contributed by atoms with Crippen molar-refractivity contribution >= 4 is 17.6 Å². The topological polar surface area (TPSA) is 59.2 Å². The van der Waals surface area contributed by atoms with Crippen LogP contribution in [0.15, 0.2) is 10.9 Å². The Labute approximate surface area is 94.2 Å². The third-order valence-electron chi connectivity index (χ3n) is 1.75. The zero-order valence-corrected chi connectivity index (χ0v) is 8.98. The van der Waals surface area contributed by atoms with Gasteiger partial charge in [-0.2, -0.15) is 0 Å². The lowest BCUT2D eigenvalue weighted by Crippen LogP contribution is -2.16. The van der Waals surface area contributed by atoms with E-state index in [9.17, 15) is 18.4 Å². The van der Waals surface area contributed by atoms with Crippen molar-refractivity contribution in [1.82, 2.24) is 4.98 Å². The van der Waals surface area contributed by atoms with Gasteiger partial charge in [0.1, 0.15) is 5.15 Å². The van der Waals surface area contributed by atoms with E-state index >= 15 is 0 Å².